The molecule has 17 heavy (non-hydrogen) atoms. The number of benzene rings is 2. The van der Waals surface area contributed by atoms with Crippen LogP contribution in [0, 0.1) is 0 Å². The van der Waals surface area contributed by atoms with Crippen molar-refractivity contribution in [2.45, 2.75) is 4.90 Å². The van der Waals surface area contributed by atoms with Gasteiger partial charge in [-0.3, -0.25) is 0 Å². The molecule has 0 spiro atoms. The van der Waals surface area contributed by atoms with Gasteiger partial charge in [0.25, 0.3) is 0 Å². The summed E-state index contributed by atoms with van der Waals surface area (Å²) in [5, 5.41) is 0. The largest absolute Gasteiger partial charge is 0.397 e. The van der Waals surface area contributed by atoms with Crippen LogP contribution in [0.2, 0.25) is 0 Å². The van der Waals surface area contributed by atoms with E-state index in [1.807, 2.05) is 36.4 Å². The van der Waals surface area contributed by atoms with Crippen molar-refractivity contribution in [3.8, 4) is 11.1 Å². The molecule has 0 aliphatic rings. The van der Waals surface area contributed by atoms with E-state index in [1.54, 1.807) is 6.07 Å². The molecule has 2 aromatic carbocycles. The highest BCUT2D eigenvalue weighted by molar-refractivity contribution is 7.90. The minimum absolute atomic E-state index is 0.179. The monoisotopic (exact) mass is 247 g/mol. The second-order valence-electron chi connectivity index (χ2n) is 3.86. The standard InChI is InChI=1S/C13H13NO2S/c1-17(15,16)12-9-5-8-11(13(12)14)10-6-3-2-4-7-10/h2-9H,14H2,1H3. The van der Waals surface area contributed by atoms with Gasteiger partial charge in [0.15, 0.2) is 9.84 Å². The molecule has 0 heterocycles. The second kappa shape index (κ2) is 4.22. The molecule has 4 heteroatoms. The molecule has 0 atom stereocenters. The van der Waals surface area contributed by atoms with E-state index in [0.717, 1.165) is 17.4 Å². The number of sulfone groups is 1. The normalized spacial score (nSPS) is 11.4. The predicted octanol–water partition coefficient (Wildman–Crippen LogP) is 2.34. The molecule has 0 saturated heterocycles. The van der Waals surface area contributed by atoms with Crippen LogP contribution in [-0.4, -0.2) is 14.7 Å². The molecule has 2 aromatic rings. The van der Waals surface area contributed by atoms with Gasteiger partial charge in [-0.25, -0.2) is 8.42 Å². The number of hydrogen-bond donors (Lipinski definition) is 1. The Morgan fingerprint density at radius 2 is 1.59 bits per heavy atom. The number of hydrogen-bond acceptors (Lipinski definition) is 3. The van der Waals surface area contributed by atoms with Gasteiger partial charge in [-0.1, -0.05) is 42.5 Å². The fourth-order valence-electron chi connectivity index (χ4n) is 1.74. The zero-order valence-electron chi connectivity index (χ0n) is 9.42. The maximum absolute atomic E-state index is 11.6. The molecule has 0 aliphatic heterocycles. The molecule has 0 fully saturated rings. The van der Waals surface area contributed by atoms with Crippen molar-refractivity contribution in [3.05, 3.63) is 48.5 Å². The van der Waals surface area contributed by atoms with Crippen LogP contribution in [0.15, 0.2) is 53.4 Å². The van der Waals surface area contributed by atoms with E-state index in [1.165, 1.54) is 6.07 Å². The second-order valence-corrected chi connectivity index (χ2v) is 5.84. The lowest BCUT2D eigenvalue weighted by Crippen LogP contribution is -2.03. The molecule has 0 unspecified atom stereocenters. The predicted molar refractivity (Wildman–Crippen MR) is 69.4 cm³/mol. The maximum atomic E-state index is 11.6. The van der Waals surface area contributed by atoms with Gasteiger partial charge >= 0.3 is 0 Å². The lowest BCUT2D eigenvalue weighted by Gasteiger charge is -2.09. The fraction of sp³-hybridized carbons (Fsp3) is 0.0769. The Labute approximate surface area is 101 Å². The van der Waals surface area contributed by atoms with E-state index in [4.69, 9.17) is 5.73 Å². The Balaban J connectivity index is 2.67. The lowest BCUT2D eigenvalue weighted by atomic mass is 10.0. The van der Waals surface area contributed by atoms with Crippen molar-refractivity contribution < 1.29 is 8.42 Å². The summed E-state index contributed by atoms with van der Waals surface area (Å²) >= 11 is 0. The van der Waals surface area contributed by atoms with E-state index in [2.05, 4.69) is 0 Å². The Kier molecular flexibility index (Phi) is 2.90. The van der Waals surface area contributed by atoms with E-state index in [-0.39, 0.29) is 4.90 Å². The summed E-state index contributed by atoms with van der Waals surface area (Å²) in [5.41, 5.74) is 7.89. The van der Waals surface area contributed by atoms with Crippen molar-refractivity contribution >= 4 is 15.5 Å². The number of nitrogen functional groups attached to an aromatic ring is 1. The highest BCUT2D eigenvalue weighted by Gasteiger charge is 2.14. The van der Waals surface area contributed by atoms with E-state index >= 15 is 0 Å². The van der Waals surface area contributed by atoms with Crippen molar-refractivity contribution in [3.63, 3.8) is 0 Å². The molecule has 0 amide bonds. The van der Waals surface area contributed by atoms with Crippen molar-refractivity contribution in [2.24, 2.45) is 0 Å². The van der Waals surface area contributed by atoms with Gasteiger partial charge in [0.2, 0.25) is 0 Å². The first-order valence-corrected chi connectivity index (χ1v) is 7.03. The third-order valence-electron chi connectivity index (χ3n) is 2.55. The minimum Gasteiger partial charge on any atom is -0.397 e. The van der Waals surface area contributed by atoms with Crippen molar-refractivity contribution in [2.75, 3.05) is 12.0 Å². The van der Waals surface area contributed by atoms with Crippen molar-refractivity contribution in [1.82, 2.24) is 0 Å². The average Bonchev–Trinajstić information content (AvgIpc) is 2.29. The van der Waals surface area contributed by atoms with E-state index in [9.17, 15) is 8.42 Å². The molecule has 0 radical (unpaired) electrons. The average molecular weight is 247 g/mol. The van der Waals surface area contributed by atoms with Gasteiger partial charge in [0.1, 0.15) is 0 Å². The third-order valence-corrected chi connectivity index (χ3v) is 3.71. The molecular formula is C13H13NO2S. The molecule has 2 rings (SSSR count). The lowest BCUT2D eigenvalue weighted by molar-refractivity contribution is 0.602. The Morgan fingerprint density at radius 3 is 2.18 bits per heavy atom. The van der Waals surface area contributed by atoms with Crippen LogP contribution in [0.25, 0.3) is 11.1 Å². The summed E-state index contributed by atoms with van der Waals surface area (Å²) in [5.74, 6) is 0. The van der Waals surface area contributed by atoms with Gasteiger partial charge in [0, 0.05) is 11.8 Å². The summed E-state index contributed by atoms with van der Waals surface area (Å²) < 4.78 is 23.1. The van der Waals surface area contributed by atoms with Crippen LogP contribution >= 0.6 is 0 Å². The smallest absolute Gasteiger partial charge is 0.177 e. The highest BCUT2D eigenvalue weighted by atomic mass is 32.2. The first-order chi connectivity index (χ1) is 8.00. The zero-order chi connectivity index (χ0) is 12.5. The third kappa shape index (κ3) is 2.31. The summed E-state index contributed by atoms with van der Waals surface area (Å²) in [6, 6.07) is 14.5. The molecule has 0 aromatic heterocycles. The van der Waals surface area contributed by atoms with E-state index < -0.39 is 9.84 Å². The number of rotatable bonds is 2. The number of nitrogens with two attached hydrogens (primary N) is 1. The van der Waals surface area contributed by atoms with Crippen LogP contribution in [0.3, 0.4) is 0 Å². The molecular weight excluding hydrogens is 234 g/mol. The molecule has 88 valence electrons. The minimum atomic E-state index is -3.29. The van der Waals surface area contributed by atoms with Gasteiger partial charge in [-0.05, 0) is 11.6 Å². The molecule has 0 bridgehead atoms. The molecule has 3 nitrogen and oxygen atoms in total. The number of anilines is 1. The zero-order valence-corrected chi connectivity index (χ0v) is 10.2. The van der Waals surface area contributed by atoms with Crippen LogP contribution in [0.1, 0.15) is 0 Å². The van der Waals surface area contributed by atoms with Crippen LogP contribution in [0.5, 0.6) is 0 Å². The highest BCUT2D eigenvalue weighted by Crippen LogP contribution is 2.30. The van der Waals surface area contributed by atoms with Gasteiger partial charge in [-0.15, -0.1) is 0 Å². The van der Waals surface area contributed by atoms with Crippen LogP contribution in [-0.2, 0) is 9.84 Å². The van der Waals surface area contributed by atoms with Crippen molar-refractivity contribution in [1.29, 1.82) is 0 Å². The first kappa shape index (κ1) is 11.7. The topological polar surface area (TPSA) is 60.2 Å². The van der Waals surface area contributed by atoms with Gasteiger partial charge in [0.05, 0.1) is 10.6 Å². The maximum Gasteiger partial charge on any atom is 0.177 e. The van der Waals surface area contributed by atoms with Gasteiger partial charge in [-0.2, -0.15) is 0 Å². The quantitative estimate of drug-likeness (QED) is 0.829. The molecule has 0 aliphatic carbocycles. The summed E-state index contributed by atoms with van der Waals surface area (Å²) in [6.45, 7) is 0. The fourth-order valence-corrected chi connectivity index (χ4v) is 2.57. The van der Waals surface area contributed by atoms with Crippen LogP contribution in [0.4, 0.5) is 5.69 Å². The Bertz CT molecular complexity index is 634. The summed E-state index contributed by atoms with van der Waals surface area (Å²) in [4.78, 5) is 0.179. The van der Waals surface area contributed by atoms with E-state index in [0.29, 0.717) is 5.69 Å². The first-order valence-electron chi connectivity index (χ1n) is 5.14. The summed E-state index contributed by atoms with van der Waals surface area (Å²) in [7, 11) is -3.29. The number of para-hydroxylation sites is 1. The molecule has 2 N–H and O–H groups in total. The van der Waals surface area contributed by atoms with Gasteiger partial charge < -0.3 is 5.73 Å². The summed E-state index contributed by atoms with van der Waals surface area (Å²) in [6.07, 6.45) is 1.16. The van der Waals surface area contributed by atoms with Crippen LogP contribution < -0.4 is 5.73 Å². The SMILES string of the molecule is CS(=O)(=O)c1cccc(-c2ccccc2)c1N. The molecule has 0 saturated carbocycles. The Hall–Kier alpha value is -1.81. The Morgan fingerprint density at radius 1 is 0.941 bits per heavy atom.